The van der Waals surface area contributed by atoms with E-state index in [1.165, 1.54) is 0 Å². The van der Waals surface area contributed by atoms with Crippen LogP contribution in [0.2, 0.25) is 0 Å². The lowest BCUT2D eigenvalue weighted by atomic mass is 9.75. The molecule has 1 saturated carbocycles. The monoisotopic (exact) mass is 208 g/mol. The van der Waals surface area contributed by atoms with Crippen molar-refractivity contribution >= 4 is 0 Å². The summed E-state index contributed by atoms with van der Waals surface area (Å²) in [4.78, 5) is 0. The summed E-state index contributed by atoms with van der Waals surface area (Å²) in [5.41, 5.74) is 0.605. The number of halogens is 1. The first-order chi connectivity index (χ1) is 7.15. The van der Waals surface area contributed by atoms with Crippen molar-refractivity contribution in [2.24, 2.45) is 0 Å². The van der Waals surface area contributed by atoms with Gasteiger partial charge < -0.3 is 5.11 Å². The smallest absolute Gasteiger partial charge is 0.115 e. The normalized spacial score (nSPS) is 21.5. The molecule has 1 aliphatic rings. The quantitative estimate of drug-likeness (QED) is 0.787. The average molecular weight is 208 g/mol. The Labute approximate surface area is 89.9 Å². The summed E-state index contributed by atoms with van der Waals surface area (Å²) in [6.07, 6.45) is 3.12. The zero-order valence-electron chi connectivity index (χ0n) is 9.04. The van der Waals surface area contributed by atoms with Gasteiger partial charge in [-0.05, 0) is 37.5 Å². The second-order valence-corrected chi connectivity index (χ2v) is 4.53. The molecule has 1 N–H and O–H groups in total. The maximum Gasteiger partial charge on any atom is 0.115 e. The fraction of sp³-hybridized carbons (Fsp3) is 0.538. The second kappa shape index (κ2) is 3.84. The molecule has 15 heavy (non-hydrogen) atoms. The van der Waals surface area contributed by atoms with Crippen molar-refractivity contribution in [3.63, 3.8) is 0 Å². The molecule has 0 aliphatic heterocycles. The fourth-order valence-corrected chi connectivity index (χ4v) is 2.74. The lowest BCUT2D eigenvalue weighted by Gasteiger charge is -2.31. The van der Waals surface area contributed by atoms with Gasteiger partial charge in [-0.25, -0.2) is 4.39 Å². The van der Waals surface area contributed by atoms with E-state index in [0.29, 0.717) is 0 Å². The van der Waals surface area contributed by atoms with Crippen LogP contribution in [0, 0.1) is 0 Å². The van der Waals surface area contributed by atoms with Crippen LogP contribution in [0.15, 0.2) is 24.3 Å². The molecule has 0 radical (unpaired) electrons. The van der Waals surface area contributed by atoms with E-state index in [0.717, 1.165) is 31.2 Å². The Morgan fingerprint density at radius 2 is 2.00 bits per heavy atom. The van der Waals surface area contributed by atoms with Gasteiger partial charge in [0.25, 0.3) is 0 Å². The van der Waals surface area contributed by atoms with E-state index in [1.54, 1.807) is 25.1 Å². The summed E-state index contributed by atoms with van der Waals surface area (Å²) in [5.74, 6) is 0.236. The molecule has 1 aliphatic carbocycles. The number of benzene rings is 1. The van der Waals surface area contributed by atoms with Gasteiger partial charge in [0.2, 0.25) is 0 Å². The molecular weight excluding hydrogens is 191 g/mol. The highest BCUT2D eigenvalue weighted by Crippen LogP contribution is 2.45. The van der Waals surface area contributed by atoms with Crippen LogP contribution in [0.1, 0.15) is 38.2 Å². The van der Waals surface area contributed by atoms with E-state index in [9.17, 15) is 9.50 Å². The van der Waals surface area contributed by atoms with Crippen molar-refractivity contribution < 1.29 is 9.50 Å². The Hall–Kier alpha value is -1.05. The Morgan fingerprint density at radius 3 is 2.53 bits per heavy atom. The molecule has 0 saturated heterocycles. The maximum atomic E-state index is 13.8. The minimum Gasteiger partial charge on any atom is -0.508 e. The van der Waals surface area contributed by atoms with Gasteiger partial charge >= 0.3 is 0 Å². The standard InChI is InChI=1S/C13H17FO/c1-10(14)13(7-2-3-8-13)11-5-4-6-12(15)9-11/h4-6,9-10,15H,2-3,7-8H2,1H3. The number of alkyl halides is 1. The van der Waals surface area contributed by atoms with Gasteiger partial charge in [0, 0.05) is 5.41 Å². The molecule has 82 valence electrons. The number of hydrogen-bond acceptors (Lipinski definition) is 1. The second-order valence-electron chi connectivity index (χ2n) is 4.53. The average Bonchev–Trinajstić information content (AvgIpc) is 2.67. The molecule has 2 rings (SSSR count). The van der Waals surface area contributed by atoms with Gasteiger partial charge in [0.1, 0.15) is 11.9 Å². The van der Waals surface area contributed by atoms with Crippen LogP contribution in [-0.2, 0) is 5.41 Å². The van der Waals surface area contributed by atoms with Crippen LogP contribution in [0.3, 0.4) is 0 Å². The molecule has 0 amide bonds. The summed E-state index contributed by atoms with van der Waals surface area (Å²) in [5, 5.41) is 9.45. The third-order valence-electron chi connectivity index (χ3n) is 3.68. The van der Waals surface area contributed by atoms with Crippen molar-refractivity contribution in [1.82, 2.24) is 0 Å². The Kier molecular flexibility index (Phi) is 2.68. The number of aromatic hydroxyl groups is 1. The Balaban J connectivity index is 2.41. The van der Waals surface area contributed by atoms with Gasteiger partial charge in [0.15, 0.2) is 0 Å². The van der Waals surface area contributed by atoms with E-state index in [2.05, 4.69) is 0 Å². The van der Waals surface area contributed by atoms with Crippen LogP contribution < -0.4 is 0 Å². The number of phenols is 1. The van der Waals surface area contributed by atoms with E-state index >= 15 is 0 Å². The van der Waals surface area contributed by atoms with E-state index in [4.69, 9.17) is 0 Å². The topological polar surface area (TPSA) is 20.2 Å². The third kappa shape index (κ3) is 1.73. The molecule has 1 fully saturated rings. The third-order valence-corrected chi connectivity index (χ3v) is 3.68. The molecule has 1 nitrogen and oxygen atoms in total. The summed E-state index contributed by atoms with van der Waals surface area (Å²) >= 11 is 0. The summed E-state index contributed by atoms with van der Waals surface area (Å²) in [6, 6.07) is 7.07. The van der Waals surface area contributed by atoms with Gasteiger partial charge in [-0.1, -0.05) is 25.0 Å². The van der Waals surface area contributed by atoms with Crippen LogP contribution in [0.4, 0.5) is 4.39 Å². The molecule has 0 bridgehead atoms. The molecule has 2 heteroatoms. The van der Waals surface area contributed by atoms with Crippen molar-refractivity contribution in [3.8, 4) is 5.75 Å². The minimum absolute atomic E-state index is 0.236. The van der Waals surface area contributed by atoms with Gasteiger partial charge in [-0.2, -0.15) is 0 Å². The molecular formula is C13H17FO. The first-order valence-electron chi connectivity index (χ1n) is 5.59. The molecule has 0 heterocycles. The molecule has 0 spiro atoms. The Morgan fingerprint density at radius 1 is 1.33 bits per heavy atom. The van der Waals surface area contributed by atoms with Crippen molar-refractivity contribution in [2.75, 3.05) is 0 Å². The maximum absolute atomic E-state index is 13.8. The van der Waals surface area contributed by atoms with Crippen LogP contribution in [0.5, 0.6) is 5.75 Å². The molecule has 1 unspecified atom stereocenters. The molecule has 1 aromatic rings. The highest BCUT2D eigenvalue weighted by atomic mass is 19.1. The Bertz CT molecular complexity index is 340. The van der Waals surface area contributed by atoms with Gasteiger partial charge in [0.05, 0.1) is 0 Å². The highest BCUT2D eigenvalue weighted by molar-refractivity contribution is 5.34. The number of phenolic OH excluding ortho intramolecular Hbond substituents is 1. The van der Waals surface area contributed by atoms with E-state index in [1.807, 2.05) is 6.07 Å². The molecule has 1 atom stereocenters. The van der Waals surface area contributed by atoms with E-state index < -0.39 is 6.17 Å². The SMILES string of the molecule is CC(F)C1(c2cccc(O)c2)CCCC1. The zero-order valence-corrected chi connectivity index (χ0v) is 9.04. The first-order valence-corrected chi connectivity index (χ1v) is 5.59. The zero-order chi connectivity index (χ0) is 10.9. The van der Waals surface area contributed by atoms with Gasteiger partial charge in [-0.15, -0.1) is 0 Å². The predicted octanol–water partition coefficient (Wildman–Crippen LogP) is 3.56. The van der Waals surface area contributed by atoms with Crippen molar-refractivity contribution in [1.29, 1.82) is 0 Å². The first kappa shape index (κ1) is 10.5. The van der Waals surface area contributed by atoms with Crippen molar-refractivity contribution in [3.05, 3.63) is 29.8 Å². The summed E-state index contributed by atoms with van der Waals surface area (Å²) < 4.78 is 13.8. The highest BCUT2D eigenvalue weighted by Gasteiger charge is 2.41. The van der Waals surface area contributed by atoms with Crippen LogP contribution >= 0.6 is 0 Å². The fourth-order valence-electron chi connectivity index (χ4n) is 2.74. The molecule has 1 aromatic carbocycles. The lowest BCUT2D eigenvalue weighted by molar-refractivity contribution is 0.206. The van der Waals surface area contributed by atoms with Crippen molar-refractivity contribution in [2.45, 2.75) is 44.2 Å². The summed E-state index contributed by atoms with van der Waals surface area (Å²) in [7, 11) is 0. The molecule has 0 aromatic heterocycles. The van der Waals surface area contributed by atoms with E-state index in [-0.39, 0.29) is 11.2 Å². The predicted molar refractivity (Wildman–Crippen MR) is 58.8 cm³/mol. The summed E-state index contributed by atoms with van der Waals surface area (Å²) in [6.45, 7) is 1.63. The van der Waals surface area contributed by atoms with Gasteiger partial charge in [-0.3, -0.25) is 0 Å². The largest absolute Gasteiger partial charge is 0.508 e. The number of hydrogen-bond donors (Lipinski definition) is 1. The van der Waals surface area contributed by atoms with Crippen LogP contribution in [-0.4, -0.2) is 11.3 Å². The van der Waals surface area contributed by atoms with Crippen LogP contribution in [0.25, 0.3) is 0 Å². The lowest BCUT2D eigenvalue weighted by Crippen LogP contribution is -2.31. The number of rotatable bonds is 2. The minimum atomic E-state index is -0.846.